The first-order valence-corrected chi connectivity index (χ1v) is 9.05. The van der Waals surface area contributed by atoms with Gasteiger partial charge in [0.15, 0.2) is 0 Å². The van der Waals surface area contributed by atoms with E-state index < -0.39 is 0 Å². The van der Waals surface area contributed by atoms with Crippen LogP contribution >= 0.6 is 15.9 Å². The lowest BCUT2D eigenvalue weighted by atomic mass is 10.0. The summed E-state index contributed by atoms with van der Waals surface area (Å²) in [4.78, 5) is 6.47. The number of halogens is 1. The van der Waals surface area contributed by atoms with E-state index in [0.717, 1.165) is 27.9 Å². The molecular formula is C18H23BrN4O. The Morgan fingerprint density at radius 1 is 1.12 bits per heavy atom. The number of nitrogens with two attached hydrogens (primary N) is 2. The molecule has 1 aliphatic rings. The Labute approximate surface area is 151 Å². The molecule has 1 fully saturated rings. The van der Waals surface area contributed by atoms with Crippen molar-refractivity contribution in [2.75, 3.05) is 37.7 Å². The molecule has 0 amide bonds. The molecule has 128 valence electrons. The maximum absolute atomic E-state index is 6.05. The molecular weight excluding hydrogens is 368 g/mol. The summed E-state index contributed by atoms with van der Waals surface area (Å²) in [6.45, 7) is 4.04. The van der Waals surface area contributed by atoms with Crippen LogP contribution in [0.1, 0.15) is 24.0 Å². The molecule has 0 aliphatic carbocycles. The highest BCUT2D eigenvalue weighted by molar-refractivity contribution is 9.10. The molecule has 6 heteroatoms. The number of hydrogen-bond acceptors (Lipinski definition) is 5. The zero-order chi connectivity index (χ0) is 16.9. The highest BCUT2D eigenvalue weighted by Gasteiger charge is 2.13. The van der Waals surface area contributed by atoms with Gasteiger partial charge in [-0.05, 0) is 61.3 Å². The summed E-state index contributed by atoms with van der Waals surface area (Å²) in [6, 6.07) is 7.98. The zero-order valence-electron chi connectivity index (χ0n) is 13.7. The number of hydrogen-bond donors (Lipinski definition) is 2. The minimum Gasteiger partial charge on any atom is -0.492 e. The summed E-state index contributed by atoms with van der Waals surface area (Å²) in [5.41, 5.74) is 14.5. The molecule has 2 heterocycles. The van der Waals surface area contributed by atoms with E-state index in [-0.39, 0.29) is 0 Å². The number of benzene rings is 1. The van der Waals surface area contributed by atoms with Crippen LogP contribution < -0.4 is 16.2 Å². The van der Waals surface area contributed by atoms with Crippen LogP contribution in [-0.4, -0.2) is 36.1 Å². The van der Waals surface area contributed by atoms with Gasteiger partial charge in [-0.1, -0.05) is 15.9 Å². The maximum atomic E-state index is 6.05. The third-order valence-corrected chi connectivity index (χ3v) is 4.87. The molecule has 1 saturated heterocycles. The van der Waals surface area contributed by atoms with Crippen LogP contribution in [0.5, 0.6) is 5.75 Å². The number of pyridine rings is 1. The van der Waals surface area contributed by atoms with Crippen molar-refractivity contribution in [2.45, 2.75) is 19.3 Å². The molecule has 1 aromatic heterocycles. The number of nitrogens with zero attached hydrogens (tertiary/aromatic N) is 2. The fraction of sp³-hybridized carbons (Fsp3) is 0.389. The van der Waals surface area contributed by atoms with E-state index in [2.05, 4.69) is 31.9 Å². The van der Waals surface area contributed by atoms with Gasteiger partial charge in [0, 0.05) is 23.6 Å². The van der Waals surface area contributed by atoms with Gasteiger partial charge in [-0.25, -0.2) is 4.98 Å². The molecule has 24 heavy (non-hydrogen) atoms. The second kappa shape index (κ2) is 7.85. The largest absolute Gasteiger partial charge is 0.492 e. The van der Waals surface area contributed by atoms with Crippen LogP contribution in [0, 0.1) is 0 Å². The average Bonchev–Trinajstić information content (AvgIpc) is 3.07. The summed E-state index contributed by atoms with van der Waals surface area (Å²) in [5.74, 6) is 1.27. The Morgan fingerprint density at radius 3 is 2.71 bits per heavy atom. The molecule has 0 spiro atoms. The number of aromatic nitrogens is 1. The van der Waals surface area contributed by atoms with Gasteiger partial charge in [0.05, 0.1) is 5.69 Å². The molecule has 3 rings (SSSR count). The van der Waals surface area contributed by atoms with E-state index in [0.29, 0.717) is 24.5 Å². The number of anilines is 2. The lowest BCUT2D eigenvalue weighted by Gasteiger charge is -2.17. The van der Waals surface area contributed by atoms with E-state index in [1.54, 1.807) is 6.20 Å². The third kappa shape index (κ3) is 4.19. The van der Waals surface area contributed by atoms with Crippen molar-refractivity contribution in [2.24, 2.45) is 0 Å². The highest BCUT2D eigenvalue weighted by Crippen LogP contribution is 2.28. The molecule has 0 radical (unpaired) electrons. The van der Waals surface area contributed by atoms with Crippen molar-refractivity contribution in [3.05, 3.63) is 46.1 Å². The normalized spacial score (nSPS) is 14.9. The van der Waals surface area contributed by atoms with Crippen molar-refractivity contribution in [1.29, 1.82) is 0 Å². The van der Waals surface area contributed by atoms with Gasteiger partial charge in [0.25, 0.3) is 0 Å². The van der Waals surface area contributed by atoms with E-state index >= 15 is 0 Å². The lowest BCUT2D eigenvalue weighted by molar-refractivity contribution is 0.236. The van der Waals surface area contributed by atoms with Crippen LogP contribution in [0.3, 0.4) is 0 Å². The molecule has 1 aromatic carbocycles. The van der Waals surface area contributed by atoms with E-state index in [4.69, 9.17) is 16.2 Å². The Kier molecular flexibility index (Phi) is 5.58. The first-order valence-electron chi connectivity index (χ1n) is 8.26. The summed E-state index contributed by atoms with van der Waals surface area (Å²) >= 11 is 3.53. The van der Waals surface area contributed by atoms with Gasteiger partial charge in [-0.15, -0.1) is 0 Å². The van der Waals surface area contributed by atoms with Crippen LogP contribution in [0.25, 0.3) is 0 Å². The average molecular weight is 391 g/mol. The SMILES string of the molecule is Nc1nccc(Cc2cc(Br)ccc2OCCN2CCCC2)c1N. The molecule has 4 N–H and O–H groups in total. The zero-order valence-corrected chi connectivity index (χ0v) is 15.3. The van der Waals surface area contributed by atoms with E-state index in [9.17, 15) is 0 Å². The van der Waals surface area contributed by atoms with Gasteiger partial charge in [-0.2, -0.15) is 0 Å². The lowest BCUT2D eigenvalue weighted by Crippen LogP contribution is -2.25. The van der Waals surface area contributed by atoms with Crippen LogP contribution in [-0.2, 0) is 6.42 Å². The first kappa shape index (κ1) is 17.0. The van der Waals surface area contributed by atoms with Crippen LogP contribution in [0.4, 0.5) is 11.5 Å². The predicted octanol–water partition coefficient (Wildman–Crippen LogP) is 3.07. The van der Waals surface area contributed by atoms with Crippen molar-refractivity contribution < 1.29 is 4.74 Å². The quantitative estimate of drug-likeness (QED) is 0.792. The summed E-state index contributed by atoms with van der Waals surface area (Å²) in [7, 11) is 0. The minimum absolute atomic E-state index is 0.374. The number of ether oxygens (including phenoxy) is 1. The number of rotatable bonds is 6. The second-order valence-corrected chi connectivity index (χ2v) is 7.01. The van der Waals surface area contributed by atoms with Gasteiger partial charge in [-0.3, -0.25) is 4.90 Å². The van der Waals surface area contributed by atoms with Crippen molar-refractivity contribution in [1.82, 2.24) is 9.88 Å². The van der Waals surface area contributed by atoms with Crippen LogP contribution in [0.2, 0.25) is 0 Å². The van der Waals surface area contributed by atoms with Gasteiger partial charge < -0.3 is 16.2 Å². The Hall–Kier alpha value is -1.79. The van der Waals surface area contributed by atoms with Crippen molar-refractivity contribution in [3.63, 3.8) is 0 Å². The smallest absolute Gasteiger partial charge is 0.146 e. The van der Waals surface area contributed by atoms with Gasteiger partial charge in [0.2, 0.25) is 0 Å². The van der Waals surface area contributed by atoms with E-state index in [1.807, 2.05) is 18.2 Å². The molecule has 5 nitrogen and oxygen atoms in total. The van der Waals surface area contributed by atoms with E-state index in [1.165, 1.54) is 25.9 Å². The third-order valence-electron chi connectivity index (χ3n) is 4.38. The summed E-state index contributed by atoms with van der Waals surface area (Å²) < 4.78 is 7.06. The number of likely N-dealkylation sites (tertiary alicyclic amines) is 1. The van der Waals surface area contributed by atoms with Crippen LogP contribution in [0.15, 0.2) is 34.9 Å². The number of nitrogen functional groups attached to an aromatic ring is 2. The van der Waals surface area contributed by atoms with Crippen molar-refractivity contribution >= 4 is 27.4 Å². The summed E-state index contributed by atoms with van der Waals surface area (Å²) in [6.07, 6.45) is 4.95. The van der Waals surface area contributed by atoms with Gasteiger partial charge in [0.1, 0.15) is 18.2 Å². The fourth-order valence-electron chi connectivity index (χ4n) is 3.01. The molecule has 0 unspecified atom stereocenters. The summed E-state index contributed by atoms with van der Waals surface area (Å²) in [5, 5.41) is 0. The molecule has 0 bridgehead atoms. The van der Waals surface area contributed by atoms with Gasteiger partial charge >= 0.3 is 0 Å². The molecule has 2 aromatic rings. The molecule has 1 aliphatic heterocycles. The Bertz CT molecular complexity index is 701. The topological polar surface area (TPSA) is 77.4 Å². The maximum Gasteiger partial charge on any atom is 0.146 e. The van der Waals surface area contributed by atoms with Crippen molar-refractivity contribution in [3.8, 4) is 5.75 Å². The Balaban J connectivity index is 1.71. The molecule has 0 saturated carbocycles. The second-order valence-electron chi connectivity index (χ2n) is 6.10. The highest BCUT2D eigenvalue weighted by atomic mass is 79.9. The Morgan fingerprint density at radius 2 is 1.92 bits per heavy atom. The molecule has 0 atom stereocenters. The monoisotopic (exact) mass is 390 g/mol. The predicted molar refractivity (Wildman–Crippen MR) is 101 cm³/mol. The first-order chi connectivity index (χ1) is 11.6. The minimum atomic E-state index is 0.374. The standard InChI is InChI=1S/C18H23BrN4O/c19-15-3-4-16(24-10-9-23-7-1-2-8-23)14(12-15)11-13-5-6-22-18(21)17(13)20/h3-6,12H,1-2,7-11,20H2,(H2,21,22). The fourth-order valence-corrected chi connectivity index (χ4v) is 3.42.